The van der Waals surface area contributed by atoms with Gasteiger partial charge in [-0.15, -0.1) is 0 Å². The van der Waals surface area contributed by atoms with E-state index >= 15 is 0 Å². The highest BCUT2D eigenvalue weighted by Crippen LogP contribution is 2.28. The largest absolute Gasteiger partial charge is 0.288 e. The van der Waals surface area contributed by atoms with Gasteiger partial charge in [0.25, 0.3) is 11.8 Å². The van der Waals surface area contributed by atoms with Gasteiger partial charge in [0.2, 0.25) is 0 Å². The van der Waals surface area contributed by atoms with E-state index in [1.165, 1.54) is 0 Å². The minimum absolute atomic E-state index is 0.352. The average Bonchev–Trinajstić information content (AvgIpc) is 2.45. The van der Waals surface area contributed by atoms with Crippen LogP contribution in [0.15, 0.2) is 53.0 Å². The van der Waals surface area contributed by atoms with E-state index in [9.17, 15) is 9.59 Å². The van der Waals surface area contributed by atoms with E-state index in [0.29, 0.717) is 16.7 Å². The van der Waals surface area contributed by atoms with Crippen molar-refractivity contribution in [3.05, 3.63) is 69.7 Å². The number of rotatable bonds is 1. The lowest BCUT2D eigenvalue weighted by molar-refractivity contribution is -0.114. The van der Waals surface area contributed by atoms with Crippen molar-refractivity contribution in [2.45, 2.75) is 0 Å². The molecule has 0 saturated heterocycles. The molecule has 0 unspecified atom stereocenters. The third-order valence-electron chi connectivity index (χ3n) is 3.14. The molecule has 1 N–H and O–H groups in total. The number of carbonyl (C=O) groups is 2. The monoisotopic (exact) mass is 327 g/mol. The zero-order valence-corrected chi connectivity index (χ0v) is 12.0. The van der Waals surface area contributed by atoms with Crippen molar-refractivity contribution in [3.8, 4) is 0 Å². The molecule has 2 amide bonds. The Morgan fingerprint density at radius 1 is 0.850 bits per heavy atom. The van der Waals surface area contributed by atoms with Crippen molar-refractivity contribution < 1.29 is 9.59 Å². The highest BCUT2D eigenvalue weighted by molar-refractivity contribution is 9.10. The van der Waals surface area contributed by atoms with Gasteiger partial charge >= 0.3 is 0 Å². The van der Waals surface area contributed by atoms with Crippen molar-refractivity contribution >= 4 is 39.4 Å². The van der Waals surface area contributed by atoms with Crippen LogP contribution in [0.5, 0.6) is 0 Å². The molecule has 3 nitrogen and oxygen atoms in total. The third kappa shape index (κ3) is 2.18. The van der Waals surface area contributed by atoms with Gasteiger partial charge in [0.05, 0.1) is 0 Å². The van der Waals surface area contributed by atoms with Crippen LogP contribution >= 0.6 is 15.9 Å². The maximum atomic E-state index is 12.1. The van der Waals surface area contributed by atoms with Crippen molar-refractivity contribution in [3.63, 3.8) is 0 Å². The van der Waals surface area contributed by atoms with E-state index in [1.54, 1.807) is 24.3 Å². The molecule has 0 aliphatic carbocycles. The van der Waals surface area contributed by atoms with Crippen molar-refractivity contribution in [1.29, 1.82) is 0 Å². The lowest BCUT2D eigenvalue weighted by Gasteiger charge is -2.18. The summed E-state index contributed by atoms with van der Waals surface area (Å²) in [6.45, 7) is 0. The van der Waals surface area contributed by atoms with Crippen LogP contribution in [0.25, 0.3) is 11.6 Å². The first-order valence-electron chi connectivity index (χ1n) is 6.08. The fraction of sp³-hybridized carbons (Fsp3) is 0. The summed E-state index contributed by atoms with van der Waals surface area (Å²) in [5.74, 6) is -0.723. The summed E-state index contributed by atoms with van der Waals surface area (Å²) in [5.41, 5.74) is 2.57. The van der Waals surface area contributed by atoms with E-state index < -0.39 is 0 Å². The molecule has 0 saturated carbocycles. The molecular formula is C16H10BrNO2. The fourth-order valence-corrected chi connectivity index (χ4v) is 2.57. The Balaban J connectivity index is 2.19. The quantitative estimate of drug-likeness (QED) is 0.645. The topological polar surface area (TPSA) is 46.2 Å². The number of fused-ring (bicyclic) bond motifs is 1. The van der Waals surface area contributed by atoms with E-state index in [1.807, 2.05) is 30.3 Å². The smallest absolute Gasteiger partial charge is 0.258 e. The zero-order chi connectivity index (χ0) is 14.1. The Kier molecular flexibility index (Phi) is 3.24. The molecule has 98 valence electrons. The van der Waals surface area contributed by atoms with Crippen LogP contribution < -0.4 is 5.32 Å². The maximum Gasteiger partial charge on any atom is 0.258 e. The zero-order valence-electron chi connectivity index (χ0n) is 10.4. The Bertz CT molecular complexity index is 750. The molecule has 0 bridgehead atoms. The number of hydrogen-bond acceptors (Lipinski definition) is 2. The second-order valence-electron chi connectivity index (χ2n) is 4.41. The van der Waals surface area contributed by atoms with Gasteiger partial charge in [0.15, 0.2) is 0 Å². The molecule has 2 aromatic carbocycles. The van der Waals surface area contributed by atoms with Crippen LogP contribution in [-0.4, -0.2) is 11.8 Å². The fourth-order valence-electron chi connectivity index (χ4n) is 2.17. The Hall–Kier alpha value is -2.20. The third-order valence-corrected chi connectivity index (χ3v) is 3.86. The lowest BCUT2D eigenvalue weighted by Crippen LogP contribution is -2.36. The summed E-state index contributed by atoms with van der Waals surface area (Å²) in [6, 6.07) is 14.7. The number of hydrogen-bond donors (Lipinski definition) is 1. The molecule has 0 atom stereocenters. The number of halogens is 1. The van der Waals surface area contributed by atoms with Crippen molar-refractivity contribution in [2.75, 3.05) is 0 Å². The van der Waals surface area contributed by atoms with E-state index in [2.05, 4.69) is 21.2 Å². The molecule has 1 heterocycles. The summed E-state index contributed by atoms with van der Waals surface area (Å²) in [5, 5.41) is 2.36. The number of benzene rings is 2. The molecule has 20 heavy (non-hydrogen) atoms. The van der Waals surface area contributed by atoms with Gasteiger partial charge in [0, 0.05) is 15.6 Å². The molecule has 3 rings (SSSR count). The minimum atomic E-state index is -0.371. The maximum absolute atomic E-state index is 12.1. The summed E-state index contributed by atoms with van der Waals surface area (Å²) in [7, 11) is 0. The molecule has 2 aromatic rings. The first-order chi connectivity index (χ1) is 9.66. The van der Waals surface area contributed by atoms with Gasteiger partial charge in [0.1, 0.15) is 0 Å². The molecule has 1 aliphatic rings. The predicted octanol–water partition coefficient (Wildman–Crippen LogP) is 3.26. The Morgan fingerprint density at radius 2 is 1.50 bits per heavy atom. The number of imide groups is 1. The first-order valence-corrected chi connectivity index (χ1v) is 6.87. The normalized spacial score (nSPS) is 15.9. The first kappa shape index (κ1) is 12.8. The second kappa shape index (κ2) is 5.06. The molecule has 0 aromatic heterocycles. The van der Waals surface area contributed by atoms with E-state index in [0.717, 1.165) is 10.0 Å². The van der Waals surface area contributed by atoms with Crippen molar-refractivity contribution in [1.82, 2.24) is 5.32 Å². The van der Waals surface area contributed by atoms with Crippen LogP contribution in [0.1, 0.15) is 21.5 Å². The van der Waals surface area contributed by atoms with Crippen LogP contribution in [0.3, 0.4) is 0 Å². The summed E-state index contributed by atoms with van der Waals surface area (Å²) >= 11 is 3.45. The predicted molar refractivity (Wildman–Crippen MR) is 80.9 cm³/mol. The van der Waals surface area contributed by atoms with Crippen molar-refractivity contribution in [2.24, 2.45) is 0 Å². The lowest BCUT2D eigenvalue weighted by atomic mass is 9.93. The molecule has 0 radical (unpaired) electrons. The SMILES string of the molecule is O=C1NC(=O)c2ccccc2C1=Cc1ccccc1Br. The van der Waals surface area contributed by atoms with Crippen LogP contribution in [0.2, 0.25) is 0 Å². The van der Waals surface area contributed by atoms with Gasteiger partial charge < -0.3 is 0 Å². The van der Waals surface area contributed by atoms with Gasteiger partial charge in [-0.1, -0.05) is 52.3 Å². The summed E-state index contributed by atoms with van der Waals surface area (Å²) < 4.78 is 0.898. The van der Waals surface area contributed by atoms with Gasteiger partial charge in [-0.2, -0.15) is 0 Å². The molecule has 1 aliphatic heterocycles. The average molecular weight is 328 g/mol. The molecule has 4 heteroatoms. The molecule has 0 spiro atoms. The van der Waals surface area contributed by atoms with Gasteiger partial charge in [-0.3, -0.25) is 14.9 Å². The van der Waals surface area contributed by atoms with Crippen LogP contribution in [-0.2, 0) is 4.79 Å². The van der Waals surface area contributed by atoms with E-state index in [-0.39, 0.29) is 11.8 Å². The molecule has 0 fully saturated rings. The number of nitrogens with one attached hydrogen (secondary N) is 1. The summed E-state index contributed by atoms with van der Waals surface area (Å²) in [6.07, 6.45) is 1.78. The highest BCUT2D eigenvalue weighted by Gasteiger charge is 2.26. The van der Waals surface area contributed by atoms with Crippen LogP contribution in [0, 0.1) is 0 Å². The number of carbonyl (C=O) groups excluding carboxylic acids is 2. The van der Waals surface area contributed by atoms with E-state index in [4.69, 9.17) is 0 Å². The Morgan fingerprint density at radius 3 is 2.25 bits per heavy atom. The standard InChI is InChI=1S/C16H10BrNO2/c17-14-8-4-1-5-10(14)9-13-11-6-2-3-7-12(11)15(19)18-16(13)20/h1-9H,(H,18,19,20). The number of amides is 2. The highest BCUT2D eigenvalue weighted by atomic mass is 79.9. The minimum Gasteiger partial charge on any atom is -0.288 e. The van der Waals surface area contributed by atoms with Crippen LogP contribution in [0.4, 0.5) is 0 Å². The van der Waals surface area contributed by atoms with Gasteiger partial charge in [-0.25, -0.2) is 0 Å². The molecular weight excluding hydrogens is 318 g/mol. The second-order valence-corrected chi connectivity index (χ2v) is 5.26. The van der Waals surface area contributed by atoms with Gasteiger partial charge in [-0.05, 0) is 29.3 Å². The summed E-state index contributed by atoms with van der Waals surface area (Å²) in [4.78, 5) is 23.9. The Labute approximate surface area is 124 Å².